The lowest BCUT2D eigenvalue weighted by atomic mass is 9.67. The number of hydrogen-bond acceptors (Lipinski definition) is 2. The molecule has 0 aromatic heterocycles. The van der Waals surface area contributed by atoms with Gasteiger partial charge in [-0.1, -0.05) is 84.9 Å². The van der Waals surface area contributed by atoms with E-state index in [1.165, 1.54) is 22.3 Å². The van der Waals surface area contributed by atoms with Crippen LogP contribution in [0.5, 0.6) is 0 Å². The number of fused-ring (bicyclic) bond motifs is 3. The van der Waals surface area contributed by atoms with Crippen molar-refractivity contribution in [1.82, 2.24) is 0 Å². The smallest absolute Gasteiger partial charge is 0.255 e. The van der Waals surface area contributed by atoms with Crippen LogP contribution >= 0.6 is 0 Å². The molecule has 47 heavy (non-hydrogen) atoms. The Morgan fingerprint density at radius 1 is 0.447 bits per heavy atom. The first-order chi connectivity index (χ1) is 22.8. The van der Waals surface area contributed by atoms with Crippen LogP contribution in [0.1, 0.15) is 65.2 Å². The number of carbonyl (C=O) groups is 2. The fraction of sp³-hybridized carbons (Fsp3) is 0.116. The molecular weight excluding hydrogens is 576 g/mol. The maximum absolute atomic E-state index is 13.1. The highest BCUT2D eigenvalue weighted by atomic mass is 16.2. The molecule has 0 atom stereocenters. The quantitative estimate of drug-likeness (QED) is 0.196. The van der Waals surface area contributed by atoms with E-state index in [9.17, 15) is 9.59 Å². The van der Waals surface area contributed by atoms with Crippen molar-refractivity contribution in [2.75, 3.05) is 10.6 Å². The first-order valence-electron chi connectivity index (χ1n) is 15.9. The third-order valence-electron chi connectivity index (χ3n) is 9.64. The summed E-state index contributed by atoms with van der Waals surface area (Å²) in [6.45, 7) is 8.12. The van der Waals surface area contributed by atoms with Crippen molar-refractivity contribution in [3.8, 4) is 11.1 Å². The Kier molecular flexibility index (Phi) is 7.57. The number of amides is 2. The topological polar surface area (TPSA) is 58.2 Å². The van der Waals surface area contributed by atoms with Gasteiger partial charge in [-0.15, -0.1) is 0 Å². The van der Waals surface area contributed by atoms with E-state index in [0.29, 0.717) is 11.1 Å². The van der Waals surface area contributed by atoms with E-state index in [1.54, 1.807) is 0 Å². The van der Waals surface area contributed by atoms with Crippen molar-refractivity contribution >= 4 is 23.2 Å². The van der Waals surface area contributed by atoms with Crippen molar-refractivity contribution in [1.29, 1.82) is 0 Å². The number of anilines is 2. The van der Waals surface area contributed by atoms with Crippen molar-refractivity contribution in [2.24, 2.45) is 0 Å². The molecule has 0 spiro atoms. The molecule has 0 bridgehead atoms. The summed E-state index contributed by atoms with van der Waals surface area (Å²) in [6.07, 6.45) is 0. The van der Waals surface area contributed by atoms with Gasteiger partial charge in [0.25, 0.3) is 11.8 Å². The molecule has 230 valence electrons. The fourth-order valence-electron chi connectivity index (χ4n) is 6.80. The second-order valence-electron chi connectivity index (χ2n) is 12.5. The normalized spacial score (nSPS) is 12.6. The van der Waals surface area contributed by atoms with Crippen LogP contribution in [0.25, 0.3) is 11.1 Å². The van der Waals surface area contributed by atoms with E-state index in [-0.39, 0.29) is 11.8 Å². The molecule has 1 aliphatic carbocycles. The molecule has 1 aliphatic rings. The summed E-state index contributed by atoms with van der Waals surface area (Å²) >= 11 is 0. The molecule has 2 N–H and O–H groups in total. The first kappa shape index (κ1) is 29.9. The zero-order chi connectivity index (χ0) is 32.7. The summed E-state index contributed by atoms with van der Waals surface area (Å²) in [7, 11) is 0. The zero-order valence-electron chi connectivity index (χ0n) is 27.0. The van der Waals surface area contributed by atoms with Gasteiger partial charge in [0, 0.05) is 22.5 Å². The largest absolute Gasteiger partial charge is 0.322 e. The van der Waals surface area contributed by atoms with Crippen molar-refractivity contribution in [3.63, 3.8) is 0 Å². The molecule has 6 aromatic rings. The first-order valence-corrected chi connectivity index (χ1v) is 15.9. The van der Waals surface area contributed by atoms with Gasteiger partial charge >= 0.3 is 0 Å². The standard InChI is InChI=1S/C43H36N2O2/c1-27-13-15-31(25-29(27)3)41(46)44-35-21-17-33(18-22-35)43(39-11-7-5-9-37(39)38-10-6-8-12-40(38)43)34-19-23-36(24-20-34)45-42(47)32-16-14-28(2)30(4)26-32/h5-26H,1-4H3,(H,44,46)(H,45,47). The molecule has 0 aliphatic heterocycles. The molecule has 6 aromatic carbocycles. The fourth-order valence-corrected chi connectivity index (χ4v) is 6.80. The Balaban J connectivity index is 1.27. The summed E-state index contributed by atoms with van der Waals surface area (Å²) in [5.41, 5.74) is 13.6. The third-order valence-corrected chi connectivity index (χ3v) is 9.64. The summed E-state index contributed by atoms with van der Waals surface area (Å²) < 4.78 is 0. The second-order valence-corrected chi connectivity index (χ2v) is 12.5. The highest BCUT2D eigenvalue weighted by Crippen LogP contribution is 2.56. The van der Waals surface area contributed by atoms with Gasteiger partial charge in [0.1, 0.15) is 0 Å². The van der Waals surface area contributed by atoms with Crippen LogP contribution in [-0.2, 0) is 5.41 Å². The maximum Gasteiger partial charge on any atom is 0.255 e. The molecule has 0 unspecified atom stereocenters. The Hall–Kier alpha value is -5.74. The van der Waals surface area contributed by atoms with Gasteiger partial charge in [-0.2, -0.15) is 0 Å². The number of carbonyl (C=O) groups excluding carboxylic acids is 2. The Morgan fingerprint density at radius 3 is 1.21 bits per heavy atom. The van der Waals surface area contributed by atoms with E-state index in [4.69, 9.17) is 0 Å². The average Bonchev–Trinajstić information content (AvgIpc) is 3.39. The molecular formula is C43H36N2O2. The van der Waals surface area contributed by atoms with Gasteiger partial charge in [-0.3, -0.25) is 9.59 Å². The Morgan fingerprint density at radius 2 is 0.830 bits per heavy atom. The molecule has 0 saturated heterocycles. The van der Waals surface area contributed by atoms with Crippen LogP contribution in [0.15, 0.2) is 133 Å². The van der Waals surface area contributed by atoms with Gasteiger partial charge in [0.15, 0.2) is 0 Å². The monoisotopic (exact) mass is 612 g/mol. The van der Waals surface area contributed by atoms with Crippen LogP contribution in [0.4, 0.5) is 11.4 Å². The molecule has 0 saturated carbocycles. The minimum absolute atomic E-state index is 0.134. The third kappa shape index (κ3) is 5.22. The molecule has 2 amide bonds. The van der Waals surface area contributed by atoms with Crippen LogP contribution in [0.3, 0.4) is 0 Å². The van der Waals surface area contributed by atoms with Gasteiger partial charge < -0.3 is 10.6 Å². The SMILES string of the molecule is Cc1ccc(C(=O)Nc2ccc(C3(c4ccc(NC(=O)c5ccc(C)c(C)c5)cc4)c4ccccc4-c4ccccc43)cc2)cc1C. The molecule has 4 nitrogen and oxygen atoms in total. The number of benzene rings is 6. The molecule has 7 rings (SSSR count). The van der Waals surface area contributed by atoms with Crippen LogP contribution in [0.2, 0.25) is 0 Å². The zero-order valence-corrected chi connectivity index (χ0v) is 27.0. The number of nitrogens with one attached hydrogen (secondary N) is 2. The highest BCUT2D eigenvalue weighted by Gasteiger charge is 2.45. The van der Waals surface area contributed by atoms with E-state index in [2.05, 4.69) is 83.4 Å². The summed E-state index contributed by atoms with van der Waals surface area (Å²) in [5.74, 6) is -0.267. The summed E-state index contributed by atoms with van der Waals surface area (Å²) in [6, 6.07) is 45.1. The summed E-state index contributed by atoms with van der Waals surface area (Å²) in [5, 5.41) is 6.16. The lowest BCUT2D eigenvalue weighted by Crippen LogP contribution is -2.28. The molecule has 0 radical (unpaired) electrons. The Bertz CT molecular complexity index is 2000. The predicted molar refractivity (Wildman–Crippen MR) is 191 cm³/mol. The second kappa shape index (κ2) is 11.9. The minimum atomic E-state index is -0.597. The van der Waals surface area contributed by atoms with Crippen LogP contribution in [-0.4, -0.2) is 11.8 Å². The number of rotatable bonds is 6. The molecule has 4 heteroatoms. The minimum Gasteiger partial charge on any atom is -0.322 e. The van der Waals surface area contributed by atoms with E-state index < -0.39 is 5.41 Å². The Labute approximate surface area is 276 Å². The van der Waals surface area contributed by atoms with E-state index >= 15 is 0 Å². The highest BCUT2D eigenvalue weighted by molar-refractivity contribution is 6.05. The van der Waals surface area contributed by atoms with Crippen molar-refractivity contribution in [2.45, 2.75) is 33.1 Å². The average molecular weight is 613 g/mol. The lowest BCUT2D eigenvalue weighted by molar-refractivity contribution is 0.101. The van der Waals surface area contributed by atoms with E-state index in [1.807, 2.05) is 88.4 Å². The number of hydrogen-bond donors (Lipinski definition) is 2. The molecule has 0 fully saturated rings. The van der Waals surface area contributed by atoms with Gasteiger partial charge in [0.05, 0.1) is 5.41 Å². The van der Waals surface area contributed by atoms with Gasteiger partial charge in [0.2, 0.25) is 0 Å². The van der Waals surface area contributed by atoms with Crippen LogP contribution in [0, 0.1) is 27.7 Å². The van der Waals surface area contributed by atoms with Crippen molar-refractivity contribution < 1.29 is 9.59 Å². The van der Waals surface area contributed by atoms with Crippen LogP contribution < -0.4 is 10.6 Å². The van der Waals surface area contributed by atoms with E-state index in [0.717, 1.165) is 44.8 Å². The summed E-state index contributed by atoms with van der Waals surface area (Å²) in [4.78, 5) is 26.2. The van der Waals surface area contributed by atoms with Gasteiger partial charge in [-0.05, 0) is 132 Å². The lowest BCUT2D eigenvalue weighted by Gasteiger charge is -2.34. The van der Waals surface area contributed by atoms with Crippen molar-refractivity contribution in [3.05, 3.63) is 189 Å². The van der Waals surface area contributed by atoms with Gasteiger partial charge in [-0.25, -0.2) is 0 Å². The number of aryl methyl sites for hydroxylation is 4. The maximum atomic E-state index is 13.1. The molecule has 0 heterocycles. The predicted octanol–water partition coefficient (Wildman–Crippen LogP) is 9.79.